The van der Waals surface area contributed by atoms with Crippen LogP contribution in [0.2, 0.25) is 0 Å². The molecular weight excluding hydrogens is 338 g/mol. The molecule has 1 amide bonds. The van der Waals surface area contributed by atoms with Crippen molar-refractivity contribution in [1.82, 2.24) is 14.4 Å². The van der Waals surface area contributed by atoms with Crippen molar-refractivity contribution >= 4 is 5.91 Å². The average molecular weight is 374 g/mol. The Morgan fingerprint density at radius 1 is 1.11 bits per heavy atom. The van der Waals surface area contributed by atoms with E-state index in [2.05, 4.69) is 34.0 Å². The first-order valence-electron chi connectivity index (χ1n) is 10.9. The Labute approximate surface area is 163 Å². The Morgan fingerprint density at radius 2 is 1.85 bits per heavy atom. The van der Waals surface area contributed by atoms with Crippen molar-refractivity contribution in [3.05, 3.63) is 24.5 Å². The maximum absolute atomic E-state index is 13.2. The SMILES string of the molecule is CN(C[C@@H]1CCCN2CCCC[C@H]12)C(=O)CC1(n2cccc2)CCOCC1. The molecule has 1 aromatic rings. The van der Waals surface area contributed by atoms with Crippen LogP contribution in [-0.4, -0.2) is 66.2 Å². The van der Waals surface area contributed by atoms with E-state index in [0.29, 0.717) is 24.3 Å². The molecule has 3 saturated heterocycles. The minimum atomic E-state index is -0.115. The van der Waals surface area contributed by atoms with E-state index in [9.17, 15) is 4.79 Å². The van der Waals surface area contributed by atoms with Gasteiger partial charge in [0.2, 0.25) is 5.91 Å². The third-order valence-corrected chi connectivity index (χ3v) is 7.22. The second-order valence-electron chi connectivity index (χ2n) is 8.88. The highest BCUT2D eigenvalue weighted by atomic mass is 16.5. The summed E-state index contributed by atoms with van der Waals surface area (Å²) >= 11 is 0. The van der Waals surface area contributed by atoms with E-state index in [1.807, 2.05) is 11.9 Å². The Morgan fingerprint density at radius 3 is 2.63 bits per heavy atom. The minimum absolute atomic E-state index is 0.115. The lowest BCUT2D eigenvalue weighted by atomic mass is 9.82. The largest absolute Gasteiger partial charge is 0.381 e. The van der Waals surface area contributed by atoms with Gasteiger partial charge in [0.1, 0.15) is 0 Å². The van der Waals surface area contributed by atoms with Crippen LogP contribution in [0.15, 0.2) is 24.5 Å². The third-order valence-electron chi connectivity index (χ3n) is 7.22. The lowest BCUT2D eigenvalue weighted by molar-refractivity contribution is -0.135. The molecule has 3 aliphatic rings. The number of hydrogen-bond acceptors (Lipinski definition) is 3. The number of carbonyl (C=O) groups excluding carboxylic acids is 1. The molecular formula is C22H35N3O2. The van der Waals surface area contributed by atoms with Crippen LogP contribution in [0.5, 0.6) is 0 Å². The maximum atomic E-state index is 13.2. The first-order valence-corrected chi connectivity index (χ1v) is 10.9. The Hall–Kier alpha value is -1.33. The van der Waals surface area contributed by atoms with Crippen LogP contribution in [0.1, 0.15) is 51.4 Å². The number of hydrogen-bond donors (Lipinski definition) is 0. The summed E-state index contributed by atoms with van der Waals surface area (Å²) in [5, 5.41) is 0. The quantitative estimate of drug-likeness (QED) is 0.796. The van der Waals surface area contributed by atoms with Gasteiger partial charge in [0.25, 0.3) is 0 Å². The normalized spacial score (nSPS) is 28.5. The molecule has 4 heterocycles. The number of fused-ring (bicyclic) bond motifs is 1. The number of rotatable bonds is 5. The highest BCUT2D eigenvalue weighted by Gasteiger charge is 2.38. The molecule has 0 N–H and O–H groups in total. The second kappa shape index (κ2) is 8.36. The molecule has 0 unspecified atom stereocenters. The van der Waals surface area contributed by atoms with Crippen molar-refractivity contribution in [2.45, 2.75) is 62.9 Å². The van der Waals surface area contributed by atoms with Gasteiger partial charge in [-0.1, -0.05) is 6.42 Å². The molecule has 0 spiro atoms. The smallest absolute Gasteiger partial charge is 0.224 e. The van der Waals surface area contributed by atoms with Crippen molar-refractivity contribution in [1.29, 1.82) is 0 Å². The molecule has 27 heavy (non-hydrogen) atoms. The van der Waals surface area contributed by atoms with Gasteiger partial charge in [-0.3, -0.25) is 4.79 Å². The molecule has 3 fully saturated rings. The highest BCUT2D eigenvalue weighted by molar-refractivity contribution is 5.77. The topological polar surface area (TPSA) is 37.7 Å². The summed E-state index contributed by atoms with van der Waals surface area (Å²) in [6.45, 7) is 4.92. The van der Waals surface area contributed by atoms with Crippen LogP contribution in [0.3, 0.4) is 0 Å². The summed E-state index contributed by atoms with van der Waals surface area (Å²) in [5.74, 6) is 0.934. The fourth-order valence-electron chi connectivity index (χ4n) is 5.59. The van der Waals surface area contributed by atoms with E-state index in [-0.39, 0.29) is 5.54 Å². The summed E-state index contributed by atoms with van der Waals surface area (Å²) in [4.78, 5) is 17.9. The molecule has 5 nitrogen and oxygen atoms in total. The average Bonchev–Trinajstić information content (AvgIpc) is 3.24. The van der Waals surface area contributed by atoms with Crippen LogP contribution < -0.4 is 0 Å². The van der Waals surface area contributed by atoms with E-state index >= 15 is 0 Å². The lowest BCUT2D eigenvalue weighted by Crippen LogP contribution is -2.51. The molecule has 0 aromatic carbocycles. The molecule has 0 saturated carbocycles. The summed E-state index contributed by atoms with van der Waals surface area (Å²) in [6, 6.07) is 4.82. The monoisotopic (exact) mass is 373 g/mol. The van der Waals surface area contributed by atoms with E-state index in [1.165, 1.54) is 45.2 Å². The van der Waals surface area contributed by atoms with Gasteiger partial charge in [-0.15, -0.1) is 0 Å². The van der Waals surface area contributed by atoms with Gasteiger partial charge in [-0.05, 0) is 69.7 Å². The van der Waals surface area contributed by atoms with Crippen LogP contribution in [0.4, 0.5) is 0 Å². The van der Waals surface area contributed by atoms with Crippen molar-refractivity contribution in [2.75, 3.05) is 39.9 Å². The fraction of sp³-hybridized carbons (Fsp3) is 0.773. The van der Waals surface area contributed by atoms with Gasteiger partial charge in [0.15, 0.2) is 0 Å². The second-order valence-corrected chi connectivity index (χ2v) is 8.88. The number of piperidine rings is 2. The Bertz CT molecular complexity index is 607. The molecule has 3 aliphatic heterocycles. The molecule has 0 aliphatic carbocycles. The highest BCUT2D eigenvalue weighted by Crippen LogP contribution is 2.35. The van der Waals surface area contributed by atoms with Gasteiger partial charge in [0, 0.05) is 45.2 Å². The van der Waals surface area contributed by atoms with Crippen LogP contribution in [0, 0.1) is 5.92 Å². The van der Waals surface area contributed by atoms with E-state index in [0.717, 1.165) is 32.6 Å². The van der Waals surface area contributed by atoms with Crippen molar-refractivity contribution in [2.24, 2.45) is 5.92 Å². The van der Waals surface area contributed by atoms with Crippen molar-refractivity contribution in [3.63, 3.8) is 0 Å². The standard InChI is InChI=1S/C22H35N3O2/c1-23(18-19-7-6-12-24-11-3-2-8-20(19)24)21(26)17-22(9-15-27-16-10-22)25-13-4-5-14-25/h4-5,13-14,19-20H,2-3,6-12,15-18H2,1H3/t19-,20+/m0/s1. The molecule has 5 heteroatoms. The van der Waals surface area contributed by atoms with Gasteiger partial charge >= 0.3 is 0 Å². The van der Waals surface area contributed by atoms with E-state index < -0.39 is 0 Å². The molecule has 0 bridgehead atoms. The molecule has 150 valence electrons. The van der Waals surface area contributed by atoms with Crippen LogP contribution in [-0.2, 0) is 15.1 Å². The molecule has 2 atom stereocenters. The molecule has 1 aromatic heterocycles. The zero-order valence-corrected chi connectivity index (χ0v) is 16.8. The summed E-state index contributed by atoms with van der Waals surface area (Å²) in [6.07, 6.45) is 13.2. The zero-order valence-electron chi connectivity index (χ0n) is 16.8. The number of amides is 1. The Balaban J connectivity index is 1.41. The lowest BCUT2D eigenvalue weighted by Gasteiger charge is -2.45. The predicted molar refractivity (Wildman–Crippen MR) is 107 cm³/mol. The fourth-order valence-corrected chi connectivity index (χ4v) is 5.59. The van der Waals surface area contributed by atoms with Gasteiger partial charge in [-0.2, -0.15) is 0 Å². The number of nitrogens with zero attached hydrogens (tertiary/aromatic N) is 3. The predicted octanol–water partition coefficient (Wildman–Crippen LogP) is 3.11. The van der Waals surface area contributed by atoms with Crippen LogP contribution in [0.25, 0.3) is 0 Å². The maximum Gasteiger partial charge on any atom is 0.224 e. The first kappa shape index (κ1) is 19.0. The molecule has 0 radical (unpaired) electrons. The first-order chi connectivity index (χ1) is 13.2. The number of carbonyl (C=O) groups is 1. The van der Waals surface area contributed by atoms with Gasteiger partial charge in [0.05, 0.1) is 12.0 Å². The van der Waals surface area contributed by atoms with E-state index in [4.69, 9.17) is 4.74 Å². The zero-order chi connectivity index (χ0) is 18.7. The number of aromatic nitrogens is 1. The van der Waals surface area contributed by atoms with Gasteiger partial charge < -0.3 is 19.1 Å². The summed E-state index contributed by atoms with van der Waals surface area (Å²) < 4.78 is 7.86. The third kappa shape index (κ3) is 4.09. The summed E-state index contributed by atoms with van der Waals surface area (Å²) in [5.41, 5.74) is -0.115. The summed E-state index contributed by atoms with van der Waals surface area (Å²) in [7, 11) is 2.02. The minimum Gasteiger partial charge on any atom is -0.381 e. The Kier molecular flexibility index (Phi) is 5.88. The van der Waals surface area contributed by atoms with Crippen molar-refractivity contribution < 1.29 is 9.53 Å². The van der Waals surface area contributed by atoms with Crippen LogP contribution >= 0.6 is 0 Å². The molecule has 4 rings (SSSR count). The van der Waals surface area contributed by atoms with E-state index in [1.54, 1.807) is 0 Å². The van der Waals surface area contributed by atoms with Crippen molar-refractivity contribution in [3.8, 4) is 0 Å². The number of ether oxygens (including phenoxy) is 1. The van der Waals surface area contributed by atoms with Gasteiger partial charge in [-0.25, -0.2) is 0 Å².